The molecule has 0 aliphatic carbocycles. The molecule has 1 rings (SSSR count). The number of methoxy groups -OCH3 is 1. The Morgan fingerprint density at radius 3 is 2.28 bits per heavy atom. The van der Waals surface area contributed by atoms with Crippen molar-refractivity contribution in [2.75, 3.05) is 13.7 Å². The standard InChI is InChI=1S/C15H25NO2/c1-5-13(17)10-16-15(11(2)3)12-6-8-14(18-4)9-7-12/h6-9,11,13,15-17H,5,10H2,1-4H3/t13-,15-/m0/s1. The summed E-state index contributed by atoms with van der Waals surface area (Å²) < 4.78 is 5.16. The van der Waals surface area contributed by atoms with Gasteiger partial charge in [0.15, 0.2) is 0 Å². The molecule has 0 radical (unpaired) electrons. The van der Waals surface area contributed by atoms with Gasteiger partial charge in [-0.25, -0.2) is 0 Å². The van der Waals surface area contributed by atoms with Crippen LogP contribution < -0.4 is 10.1 Å². The minimum atomic E-state index is -0.274. The predicted octanol–water partition coefficient (Wildman–Crippen LogP) is 2.75. The molecule has 0 saturated heterocycles. The van der Waals surface area contributed by atoms with Gasteiger partial charge in [0.2, 0.25) is 0 Å². The van der Waals surface area contributed by atoms with Crippen molar-refractivity contribution in [3.63, 3.8) is 0 Å². The summed E-state index contributed by atoms with van der Waals surface area (Å²) in [6.45, 7) is 6.98. The van der Waals surface area contributed by atoms with Gasteiger partial charge in [-0.1, -0.05) is 32.9 Å². The second kappa shape index (κ2) is 7.39. The lowest BCUT2D eigenvalue weighted by molar-refractivity contribution is 0.159. The minimum Gasteiger partial charge on any atom is -0.497 e. The first-order valence-electron chi connectivity index (χ1n) is 6.63. The van der Waals surface area contributed by atoms with E-state index in [2.05, 4.69) is 31.3 Å². The van der Waals surface area contributed by atoms with Gasteiger partial charge in [0.05, 0.1) is 13.2 Å². The average molecular weight is 251 g/mol. The molecule has 0 spiro atoms. The van der Waals surface area contributed by atoms with Crippen LogP contribution in [0.25, 0.3) is 0 Å². The van der Waals surface area contributed by atoms with Crippen LogP contribution in [0.1, 0.15) is 38.8 Å². The minimum absolute atomic E-state index is 0.261. The molecule has 3 heteroatoms. The maximum absolute atomic E-state index is 9.64. The zero-order chi connectivity index (χ0) is 13.5. The lowest BCUT2D eigenvalue weighted by Crippen LogP contribution is -2.32. The Morgan fingerprint density at radius 1 is 1.22 bits per heavy atom. The topological polar surface area (TPSA) is 41.5 Å². The largest absolute Gasteiger partial charge is 0.497 e. The van der Waals surface area contributed by atoms with Crippen molar-refractivity contribution in [3.8, 4) is 5.75 Å². The molecule has 1 aromatic rings. The van der Waals surface area contributed by atoms with Crippen molar-refractivity contribution < 1.29 is 9.84 Å². The SMILES string of the molecule is CC[C@H](O)CN[C@H](c1ccc(OC)cc1)C(C)C. The summed E-state index contributed by atoms with van der Waals surface area (Å²) in [5, 5.41) is 13.1. The number of benzene rings is 1. The van der Waals surface area contributed by atoms with Crippen molar-refractivity contribution >= 4 is 0 Å². The Morgan fingerprint density at radius 2 is 1.83 bits per heavy atom. The van der Waals surface area contributed by atoms with Crippen molar-refractivity contribution in [1.29, 1.82) is 0 Å². The van der Waals surface area contributed by atoms with E-state index in [1.165, 1.54) is 5.56 Å². The number of aliphatic hydroxyl groups is 1. The van der Waals surface area contributed by atoms with Gasteiger partial charge in [0.1, 0.15) is 5.75 Å². The van der Waals surface area contributed by atoms with Gasteiger partial charge in [-0.05, 0) is 30.0 Å². The molecule has 0 amide bonds. The molecule has 1 aromatic carbocycles. The molecule has 3 nitrogen and oxygen atoms in total. The first-order chi connectivity index (χ1) is 8.58. The van der Waals surface area contributed by atoms with Crippen LogP contribution >= 0.6 is 0 Å². The highest BCUT2D eigenvalue weighted by Crippen LogP contribution is 2.23. The van der Waals surface area contributed by atoms with E-state index in [1.807, 2.05) is 19.1 Å². The highest BCUT2D eigenvalue weighted by molar-refractivity contribution is 5.29. The second-order valence-corrected chi connectivity index (χ2v) is 4.97. The van der Waals surface area contributed by atoms with Crippen LogP contribution in [0.4, 0.5) is 0 Å². The molecule has 18 heavy (non-hydrogen) atoms. The maximum atomic E-state index is 9.64. The zero-order valence-electron chi connectivity index (χ0n) is 11.8. The van der Waals surface area contributed by atoms with Gasteiger partial charge < -0.3 is 15.2 Å². The van der Waals surface area contributed by atoms with E-state index in [4.69, 9.17) is 4.74 Å². The highest BCUT2D eigenvalue weighted by atomic mass is 16.5. The van der Waals surface area contributed by atoms with Gasteiger partial charge in [-0.3, -0.25) is 0 Å². The van der Waals surface area contributed by atoms with Crippen molar-refractivity contribution in [2.24, 2.45) is 5.92 Å². The fourth-order valence-electron chi connectivity index (χ4n) is 1.96. The number of hydrogen-bond donors (Lipinski definition) is 2. The summed E-state index contributed by atoms with van der Waals surface area (Å²) in [4.78, 5) is 0. The lowest BCUT2D eigenvalue weighted by Gasteiger charge is -2.24. The van der Waals surface area contributed by atoms with E-state index in [1.54, 1.807) is 7.11 Å². The molecule has 0 aromatic heterocycles. The quantitative estimate of drug-likeness (QED) is 0.783. The molecule has 102 valence electrons. The molecule has 0 unspecified atom stereocenters. The van der Waals surface area contributed by atoms with E-state index in [0.717, 1.165) is 12.2 Å². The molecule has 2 atom stereocenters. The van der Waals surface area contributed by atoms with Gasteiger partial charge in [-0.2, -0.15) is 0 Å². The Balaban J connectivity index is 2.71. The van der Waals surface area contributed by atoms with Crippen LogP contribution in [0.15, 0.2) is 24.3 Å². The molecular weight excluding hydrogens is 226 g/mol. The highest BCUT2D eigenvalue weighted by Gasteiger charge is 2.16. The Kier molecular flexibility index (Phi) is 6.16. The fourth-order valence-corrected chi connectivity index (χ4v) is 1.96. The zero-order valence-corrected chi connectivity index (χ0v) is 11.8. The first-order valence-corrected chi connectivity index (χ1v) is 6.63. The van der Waals surface area contributed by atoms with E-state index in [-0.39, 0.29) is 12.1 Å². The summed E-state index contributed by atoms with van der Waals surface area (Å²) in [6.07, 6.45) is 0.505. The number of rotatable bonds is 7. The second-order valence-electron chi connectivity index (χ2n) is 4.97. The molecule has 0 heterocycles. The van der Waals surface area contributed by atoms with E-state index >= 15 is 0 Å². The normalized spacial score (nSPS) is 14.6. The van der Waals surface area contributed by atoms with Crippen LogP contribution in [0.5, 0.6) is 5.75 Å². The van der Waals surface area contributed by atoms with Crippen molar-refractivity contribution in [3.05, 3.63) is 29.8 Å². The Hall–Kier alpha value is -1.06. The summed E-state index contributed by atoms with van der Waals surface area (Å²) in [7, 11) is 1.67. The van der Waals surface area contributed by atoms with Crippen LogP contribution in [-0.2, 0) is 0 Å². The van der Waals surface area contributed by atoms with E-state index in [9.17, 15) is 5.11 Å². The third kappa shape index (κ3) is 4.31. The molecule has 0 saturated carbocycles. The number of nitrogens with one attached hydrogen (secondary N) is 1. The van der Waals surface area contributed by atoms with E-state index < -0.39 is 0 Å². The van der Waals surface area contributed by atoms with E-state index in [0.29, 0.717) is 12.5 Å². The number of ether oxygens (including phenoxy) is 1. The molecule has 0 aliphatic rings. The van der Waals surface area contributed by atoms with Crippen molar-refractivity contribution in [1.82, 2.24) is 5.32 Å². The van der Waals surface area contributed by atoms with Crippen LogP contribution in [-0.4, -0.2) is 24.9 Å². The van der Waals surface area contributed by atoms with Gasteiger partial charge in [-0.15, -0.1) is 0 Å². The van der Waals surface area contributed by atoms with Gasteiger partial charge >= 0.3 is 0 Å². The Labute approximate surface area is 110 Å². The van der Waals surface area contributed by atoms with Crippen molar-refractivity contribution in [2.45, 2.75) is 39.3 Å². The maximum Gasteiger partial charge on any atom is 0.118 e. The molecule has 2 N–H and O–H groups in total. The summed E-state index contributed by atoms with van der Waals surface area (Å²) >= 11 is 0. The average Bonchev–Trinajstić information content (AvgIpc) is 2.39. The Bertz CT molecular complexity index is 335. The number of aliphatic hydroxyl groups excluding tert-OH is 1. The van der Waals surface area contributed by atoms with Gasteiger partial charge in [0, 0.05) is 12.6 Å². The third-order valence-electron chi connectivity index (χ3n) is 3.19. The summed E-state index contributed by atoms with van der Waals surface area (Å²) in [5.41, 5.74) is 1.23. The summed E-state index contributed by atoms with van der Waals surface area (Å²) in [5.74, 6) is 1.34. The molecule has 0 aliphatic heterocycles. The summed E-state index contributed by atoms with van der Waals surface area (Å²) in [6, 6.07) is 8.37. The fraction of sp³-hybridized carbons (Fsp3) is 0.600. The molecule has 0 bridgehead atoms. The molecule has 0 fully saturated rings. The van der Waals surface area contributed by atoms with Crippen LogP contribution in [0.3, 0.4) is 0 Å². The smallest absolute Gasteiger partial charge is 0.118 e. The third-order valence-corrected chi connectivity index (χ3v) is 3.19. The lowest BCUT2D eigenvalue weighted by atomic mass is 9.95. The molecular formula is C15H25NO2. The van der Waals surface area contributed by atoms with Crippen LogP contribution in [0.2, 0.25) is 0 Å². The monoisotopic (exact) mass is 251 g/mol. The first kappa shape index (κ1) is 15.0. The van der Waals surface area contributed by atoms with Gasteiger partial charge in [0.25, 0.3) is 0 Å². The number of hydrogen-bond acceptors (Lipinski definition) is 3. The van der Waals surface area contributed by atoms with Crippen LogP contribution in [0, 0.1) is 5.92 Å². The predicted molar refractivity (Wildman–Crippen MR) is 74.9 cm³/mol.